The van der Waals surface area contributed by atoms with E-state index in [1.165, 1.54) is 6.42 Å². The Bertz CT molecular complexity index is 163. The molecule has 0 aliphatic carbocycles. The molecule has 0 rings (SSSR count). The molecule has 0 aliphatic heterocycles. The quantitative estimate of drug-likeness (QED) is 0.341. The Kier molecular flexibility index (Phi) is 7.45. The standard InChI is InChI=1S/C9H20N4/c1-4-9(3)8-13(5-2)7-6-11-12-10/h9H,4-8H2,1-3H3. The summed E-state index contributed by atoms with van der Waals surface area (Å²) in [4.78, 5) is 5.06. The third-order valence-electron chi connectivity index (χ3n) is 2.29. The van der Waals surface area contributed by atoms with Gasteiger partial charge in [0.15, 0.2) is 0 Å². The van der Waals surface area contributed by atoms with Crippen LogP contribution in [0.1, 0.15) is 27.2 Å². The van der Waals surface area contributed by atoms with Crippen molar-refractivity contribution in [3.8, 4) is 0 Å². The normalized spacial score (nSPS) is 12.6. The molecule has 0 aliphatic rings. The zero-order chi connectivity index (χ0) is 10.1. The van der Waals surface area contributed by atoms with Crippen LogP contribution < -0.4 is 0 Å². The first-order chi connectivity index (χ1) is 6.24. The lowest BCUT2D eigenvalue weighted by Gasteiger charge is -2.22. The highest BCUT2D eigenvalue weighted by molar-refractivity contribution is 4.61. The van der Waals surface area contributed by atoms with Gasteiger partial charge in [-0.2, -0.15) is 0 Å². The van der Waals surface area contributed by atoms with Crippen LogP contribution in [-0.2, 0) is 0 Å². The van der Waals surface area contributed by atoms with Crippen LogP contribution in [0.4, 0.5) is 0 Å². The van der Waals surface area contributed by atoms with E-state index in [1.807, 2.05) is 0 Å². The Morgan fingerprint density at radius 3 is 2.62 bits per heavy atom. The van der Waals surface area contributed by atoms with Crippen molar-refractivity contribution in [3.05, 3.63) is 10.4 Å². The molecule has 0 spiro atoms. The van der Waals surface area contributed by atoms with Gasteiger partial charge in [-0.25, -0.2) is 0 Å². The van der Waals surface area contributed by atoms with Crippen molar-refractivity contribution in [2.45, 2.75) is 27.2 Å². The number of hydrogen-bond donors (Lipinski definition) is 0. The number of rotatable bonds is 7. The molecule has 0 saturated heterocycles. The summed E-state index contributed by atoms with van der Waals surface area (Å²) in [7, 11) is 0. The largest absolute Gasteiger partial charge is 0.303 e. The first kappa shape index (κ1) is 12.3. The zero-order valence-corrected chi connectivity index (χ0v) is 8.90. The van der Waals surface area contributed by atoms with Gasteiger partial charge in [0.2, 0.25) is 0 Å². The number of likely N-dealkylation sites (N-methyl/N-ethyl adjacent to an activating group) is 1. The molecule has 0 heterocycles. The van der Waals surface area contributed by atoms with E-state index in [2.05, 4.69) is 35.7 Å². The van der Waals surface area contributed by atoms with Gasteiger partial charge in [0.05, 0.1) is 0 Å². The van der Waals surface area contributed by atoms with Crippen molar-refractivity contribution in [1.82, 2.24) is 4.90 Å². The Hall–Kier alpha value is -0.730. The predicted molar refractivity (Wildman–Crippen MR) is 55.6 cm³/mol. The van der Waals surface area contributed by atoms with Crippen LogP contribution in [0.25, 0.3) is 10.4 Å². The minimum absolute atomic E-state index is 0.584. The lowest BCUT2D eigenvalue weighted by Crippen LogP contribution is -2.30. The van der Waals surface area contributed by atoms with E-state index < -0.39 is 0 Å². The molecule has 76 valence electrons. The number of azide groups is 1. The second kappa shape index (κ2) is 7.90. The highest BCUT2D eigenvalue weighted by atomic mass is 15.2. The highest BCUT2D eigenvalue weighted by Gasteiger charge is 2.05. The van der Waals surface area contributed by atoms with Gasteiger partial charge in [0.1, 0.15) is 0 Å². The van der Waals surface area contributed by atoms with E-state index >= 15 is 0 Å². The summed E-state index contributed by atoms with van der Waals surface area (Å²) < 4.78 is 0. The smallest absolute Gasteiger partial charge is 0.0385 e. The molecular weight excluding hydrogens is 164 g/mol. The fraction of sp³-hybridized carbons (Fsp3) is 1.00. The predicted octanol–water partition coefficient (Wildman–Crippen LogP) is 2.66. The van der Waals surface area contributed by atoms with Crippen molar-refractivity contribution >= 4 is 0 Å². The van der Waals surface area contributed by atoms with Crippen LogP contribution in [0.2, 0.25) is 0 Å². The highest BCUT2D eigenvalue weighted by Crippen LogP contribution is 2.03. The lowest BCUT2D eigenvalue weighted by atomic mass is 10.1. The van der Waals surface area contributed by atoms with Crippen LogP contribution >= 0.6 is 0 Å². The molecule has 0 saturated carbocycles. The van der Waals surface area contributed by atoms with Gasteiger partial charge in [-0.05, 0) is 18.0 Å². The molecule has 1 unspecified atom stereocenters. The van der Waals surface area contributed by atoms with Gasteiger partial charge in [-0.1, -0.05) is 32.3 Å². The van der Waals surface area contributed by atoms with Gasteiger partial charge in [-0.3, -0.25) is 0 Å². The van der Waals surface area contributed by atoms with E-state index in [9.17, 15) is 0 Å². The molecule has 1 atom stereocenters. The Morgan fingerprint density at radius 2 is 2.15 bits per heavy atom. The molecule has 4 nitrogen and oxygen atoms in total. The summed E-state index contributed by atoms with van der Waals surface area (Å²) in [5.41, 5.74) is 8.12. The number of hydrogen-bond acceptors (Lipinski definition) is 2. The first-order valence-corrected chi connectivity index (χ1v) is 4.97. The monoisotopic (exact) mass is 184 g/mol. The molecule has 0 amide bonds. The third kappa shape index (κ3) is 6.43. The molecule has 0 aromatic heterocycles. The SMILES string of the molecule is CCC(C)CN(CC)CCN=[N+]=[N-]. The molecule has 0 fully saturated rings. The van der Waals surface area contributed by atoms with E-state index in [0.717, 1.165) is 25.6 Å². The first-order valence-electron chi connectivity index (χ1n) is 4.97. The molecule has 0 bridgehead atoms. The summed E-state index contributed by atoms with van der Waals surface area (Å²) in [5.74, 6) is 0.728. The Labute approximate surface area is 80.6 Å². The van der Waals surface area contributed by atoms with Crippen molar-refractivity contribution < 1.29 is 0 Å². The van der Waals surface area contributed by atoms with Crippen LogP contribution in [0, 0.1) is 5.92 Å². The fourth-order valence-corrected chi connectivity index (χ4v) is 1.18. The van der Waals surface area contributed by atoms with Crippen LogP contribution in [0.3, 0.4) is 0 Å². The molecule has 0 aromatic carbocycles. The Morgan fingerprint density at radius 1 is 1.46 bits per heavy atom. The van der Waals surface area contributed by atoms with Crippen molar-refractivity contribution in [1.29, 1.82) is 0 Å². The van der Waals surface area contributed by atoms with Crippen LogP contribution in [0.5, 0.6) is 0 Å². The lowest BCUT2D eigenvalue weighted by molar-refractivity contribution is 0.252. The molecule has 0 aromatic rings. The zero-order valence-electron chi connectivity index (χ0n) is 8.90. The summed E-state index contributed by atoms with van der Waals surface area (Å²) in [5, 5.41) is 3.53. The minimum atomic E-state index is 0.584. The maximum atomic E-state index is 8.12. The third-order valence-corrected chi connectivity index (χ3v) is 2.29. The summed E-state index contributed by atoms with van der Waals surface area (Å²) >= 11 is 0. The molecule has 0 radical (unpaired) electrons. The van der Waals surface area contributed by atoms with Gasteiger partial charge >= 0.3 is 0 Å². The summed E-state index contributed by atoms with van der Waals surface area (Å²) in [6.45, 7) is 10.2. The summed E-state index contributed by atoms with van der Waals surface area (Å²) in [6.07, 6.45) is 1.21. The second-order valence-corrected chi connectivity index (χ2v) is 3.36. The fourth-order valence-electron chi connectivity index (χ4n) is 1.18. The van der Waals surface area contributed by atoms with Crippen LogP contribution in [-0.4, -0.2) is 31.1 Å². The number of nitrogens with zero attached hydrogens (tertiary/aromatic N) is 4. The average Bonchev–Trinajstić information content (AvgIpc) is 2.16. The minimum Gasteiger partial charge on any atom is -0.303 e. The van der Waals surface area contributed by atoms with E-state index in [4.69, 9.17) is 5.53 Å². The Balaban J connectivity index is 3.68. The van der Waals surface area contributed by atoms with Crippen molar-refractivity contribution in [3.63, 3.8) is 0 Å². The second-order valence-electron chi connectivity index (χ2n) is 3.36. The van der Waals surface area contributed by atoms with Crippen molar-refractivity contribution in [2.75, 3.05) is 26.2 Å². The van der Waals surface area contributed by atoms with Gasteiger partial charge in [0.25, 0.3) is 0 Å². The van der Waals surface area contributed by atoms with E-state index in [-0.39, 0.29) is 0 Å². The molecule has 13 heavy (non-hydrogen) atoms. The van der Waals surface area contributed by atoms with Gasteiger partial charge < -0.3 is 4.90 Å². The topological polar surface area (TPSA) is 52.0 Å². The molecule has 0 N–H and O–H groups in total. The maximum absolute atomic E-state index is 8.12. The van der Waals surface area contributed by atoms with E-state index in [0.29, 0.717) is 6.54 Å². The van der Waals surface area contributed by atoms with Crippen LogP contribution in [0.15, 0.2) is 5.11 Å². The summed E-state index contributed by atoms with van der Waals surface area (Å²) in [6, 6.07) is 0. The maximum Gasteiger partial charge on any atom is 0.0385 e. The van der Waals surface area contributed by atoms with Gasteiger partial charge in [0, 0.05) is 24.5 Å². The van der Waals surface area contributed by atoms with E-state index in [1.54, 1.807) is 0 Å². The average molecular weight is 184 g/mol. The van der Waals surface area contributed by atoms with Gasteiger partial charge in [-0.15, -0.1) is 0 Å². The van der Waals surface area contributed by atoms with Crippen molar-refractivity contribution in [2.24, 2.45) is 11.0 Å². The molecule has 4 heteroatoms. The molecular formula is C9H20N4.